The number of benzene rings is 1. The molecule has 1 aromatic rings. The van der Waals surface area contributed by atoms with E-state index in [9.17, 15) is 0 Å². The van der Waals surface area contributed by atoms with Crippen LogP contribution in [0.15, 0.2) is 18.2 Å². The van der Waals surface area contributed by atoms with Crippen LogP contribution >= 0.6 is 0 Å². The van der Waals surface area contributed by atoms with Crippen LogP contribution < -0.4 is 5.32 Å². The molecule has 0 bridgehead atoms. The maximum absolute atomic E-state index is 3.70. The minimum atomic E-state index is 0.590. The van der Waals surface area contributed by atoms with E-state index in [1.54, 1.807) is 11.1 Å². The molecule has 1 aliphatic carbocycles. The molecule has 1 nitrogen and oxygen atoms in total. The van der Waals surface area contributed by atoms with E-state index in [1.807, 2.05) is 0 Å². The first-order chi connectivity index (χ1) is 8.26. The quantitative estimate of drug-likeness (QED) is 0.819. The lowest BCUT2D eigenvalue weighted by Gasteiger charge is -2.31. The van der Waals surface area contributed by atoms with Gasteiger partial charge in [0.05, 0.1) is 0 Å². The van der Waals surface area contributed by atoms with Crippen LogP contribution in [0.3, 0.4) is 0 Å². The van der Waals surface area contributed by atoms with E-state index in [0.29, 0.717) is 6.04 Å². The number of hydrogen-bond donors (Lipinski definition) is 1. The van der Waals surface area contributed by atoms with Gasteiger partial charge in [-0.15, -0.1) is 0 Å². The lowest BCUT2D eigenvalue weighted by molar-refractivity contribution is 0.432. The molecule has 1 aromatic carbocycles. The Hall–Kier alpha value is -0.820. The number of rotatable bonds is 4. The molecular weight excluding hydrogens is 206 g/mol. The molecule has 2 atom stereocenters. The Morgan fingerprint density at radius 3 is 2.71 bits per heavy atom. The molecule has 0 aliphatic heterocycles. The van der Waals surface area contributed by atoms with E-state index in [1.165, 1.54) is 24.8 Å². The van der Waals surface area contributed by atoms with Crippen LogP contribution in [0.25, 0.3) is 0 Å². The van der Waals surface area contributed by atoms with Crippen LogP contribution in [0.1, 0.15) is 68.7 Å². The average Bonchev–Trinajstić information content (AvgIpc) is 2.37. The maximum atomic E-state index is 3.70. The minimum Gasteiger partial charge on any atom is -0.310 e. The summed E-state index contributed by atoms with van der Waals surface area (Å²) >= 11 is 0. The highest BCUT2D eigenvalue weighted by Crippen LogP contribution is 2.37. The molecule has 0 radical (unpaired) electrons. The van der Waals surface area contributed by atoms with Gasteiger partial charge in [-0.3, -0.25) is 0 Å². The third kappa shape index (κ3) is 2.71. The zero-order valence-electron chi connectivity index (χ0n) is 11.4. The standard InChI is InChI=1S/C16H25N/c1-4-10-17-16-9-6-12(3)14-8-7-13(5-2)11-15(14)16/h7-8,11-12,16-17H,4-6,9-10H2,1-3H3. The fourth-order valence-corrected chi connectivity index (χ4v) is 2.85. The predicted molar refractivity (Wildman–Crippen MR) is 74.5 cm³/mol. The molecule has 0 saturated carbocycles. The van der Waals surface area contributed by atoms with Crippen LogP contribution in [0.5, 0.6) is 0 Å². The van der Waals surface area contributed by atoms with Gasteiger partial charge in [-0.1, -0.05) is 39.0 Å². The highest BCUT2D eigenvalue weighted by Gasteiger charge is 2.24. The maximum Gasteiger partial charge on any atom is 0.0323 e. The fraction of sp³-hybridized carbons (Fsp3) is 0.625. The Bertz CT molecular complexity index is 370. The Morgan fingerprint density at radius 2 is 2.00 bits per heavy atom. The summed E-state index contributed by atoms with van der Waals surface area (Å²) in [5.74, 6) is 0.732. The van der Waals surface area contributed by atoms with Crippen molar-refractivity contribution in [1.82, 2.24) is 5.32 Å². The molecule has 1 heteroatoms. The second-order valence-corrected chi connectivity index (χ2v) is 5.30. The highest BCUT2D eigenvalue weighted by molar-refractivity contribution is 5.38. The van der Waals surface area contributed by atoms with Gasteiger partial charge in [-0.2, -0.15) is 0 Å². The Morgan fingerprint density at radius 1 is 1.18 bits per heavy atom. The SMILES string of the molecule is CCCNC1CCC(C)c2ccc(CC)cc21. The van der Waals surface area contributed by atoms with E-state index in [-0.39, 0.29) is 0 Å². The summed E-state index contributed by atoms with van der Waals surface area (Å²) < 4.78 is 0. The van der Waals surface area contributed by atoms with Crippen molar-refractivity contribution in [1.29, 1.82) is 0 Å². The lowest BCUT2D eigenvalue weighted by atomic mass is 9.80. The number of fused-ring (bicyclic) bond motifs is 1. The van der Waals surface area contributed by atoms with Crippen LogP contribution in [-0.2, 0) is 6.42 Å². The van der Waals surface area contributed by atoms with Gasteiger partial charge in [0.1, 0.15) is 0 Å². The number of hydrogen-bond acceptors (Lipinski definition) is 1. The van der Waals surface area contributed by atoms with Crippen molar-refractivity contribution in [2.45, 2.75) is 58.4 Å². The first-order valence-corrected chi connectivity index (χ1v) is 7.12. The molecule has 0 saturated heterocycles. The first kappa shape index (κ1) is 12.6. The van der Waals surface area contributed by atoms with Crippen LogP contribution in [-0.4, -0.2) is 6.54 Å². The van der Waals surface area contributed by atoms with Gasteiger partial charge < -0.3 is 5.32 Å². The molecule has 17 heavy (non-hydrogen) atoms. The zero-order chi connectivity index (χ0) is 12.3. The molecule has 1 N–H and O–H groups in total. The van der Waals surface area contributed by atoms with E-state index >= 15 is 0 Å². The summed E-state index contributed by atoms with van der Waals surface area (Å²) in [4.78, 5) is 0. The van der Waals surface area contributed by atoms with Crippen molar-refractivity contribution in [3.8, 4) is 0 Å². The lowest BCUT2D eigenvalue weighted by Crippen LogP contribution is -2.27. The van der Waals surface area contributed by atoms with Crippen LogP contribution in [0, 0.1) is 0 Å². The molecule has 1 aliphatic rings. The van der Waals surface area contributed by atoms with Crippen molar-refractivity contribution in [2.75, 3.05) is 6.54 Å². The zero-order valence-corrected chi connectivity index (χ0v) is 11.4. The average molecular weight is 231 g/mol. The van der Waals surface area contributed by atoms with E-state index < -0.39 is 0 Å². The van der Waals surface area contributed by atoms with Crippen molar-refractivity contribution in [3.05, 3.63) is 34.9 Å². The molecular formula is C16H25N. The largest absolute Gasteiger partial charge is 0.310 e. The molecule has 0 fully saturated rings. The van der Waals surface area contributed by atoms with E-state index in [2.05, 4.69) is 44.3 Å². The van der Waals surface area contributed by atoms with Crippen LogP contribution in [0.2, 0.25) is 0 Å². The molecule has 0 heterocycles. The fourth-order valence-electron chi connectivity index (χ4n) is 2.85. The Kier molecular flexibility index (Phi) is 4.22. The van der Waals surface area contributed by atoms with Gasteiger partial charge >= 0.3 is 0 Å². The van der Waals surface area contributed by atoms with Crippen molar-refractivity contribution < 1.29 is 0 Å². The van der Waals surface area contributed by atoms with Gasteiger partial charge in [0.25, 0.3) is 0 Å². The second-order valence-electron chi connectivity index (χ2n) is 5.30. The Balaban J connectivity index is 2.28. The van der Waals surface area contributed by atoms with Gasteiger partial charge in [-0.25, -0.2) is 0 Å². The summed E-state index contributed by atoms with van der Waals surface area (Å²) in [6, 6.07) is 7.68. The van der Waals surface area contributed by atoms with Crippen LogP contribution in [0.4, 0.5) is 0 Å². The summed E-state index contributed by atoms with van der Waals surface area (Å²) in [6.07, 6.45) is 4.97. The first-order valence-electron chi connectivity index (χ1n) is 7.12. The molecule has 0 spiro atoms. The predicted octanol–water partition coefficient (Wildman–Crippen LogP) is 4.19. The summed E-state index contributed by atoms with van der Waals surface area (Å²) in [5, 5.41) is 3.70. The molecule has 0 aromatic heterocycles. The number of nitrogens with one attached hydrogen (secondary N) is 1. The topological polar surface area (TPSA) is 12.0 Å². The molecule has 2 unspecified atom stereocenters. The highest BCUT2D eigenvalue weighted by atomic mass is 14.9. The van der Waals surface area contributed by atoms with Gasteiger partial charge in [0.2, 0.25) is 0 Å². The number of aryl methyl sites for hydroxylation is 1. The monoisotopic (exact) mass is 231 g/mol. The second kappa shape index (κ2) is 5.68. The normalized spacial score (nSPS) is 23.5. The third-order valence-corrected chi connectivity index (χ3v) is 3.99. The van der Waals surface area contributed by atoms with Crippen molar-refractivity contribution in [3.63, 3.8) is 0 Å². The minimum absolute atomic E-state index is 0.590. The summed E-state index contributed by atoms with van der Waals surface area (Å²) in [7, 11) is 0. The third-order valence-electron chi connectivity index (χ3n) is 3.99. The van der Waals surface area contributed by atoms with Crippen molar-refractivity contribution >= 4 is 0 Å². The summed E-state index contributed by atoms with van der Waals surface area (Å²) in [6.45, 7) is 7.97. The van der Waals surface area contributed by atoms with Gasteiger partial charge in [0.15, 0.2) is 0 Å². The summed E-state index contributed by atoms with van der Waals surface area (Å²) in [5.41, 5.74) is 4.61. The van der Waals surface area contributed by atoms with Gasteiger partial charge in [0, 0.05) is 6.04 Å². The van der Waals surface area contributed by atoms with Gasteiger partial charge in [-0.05, 0) is 54.8 Å². The van der Waals surface area contributed by atoms with E-state index in [4.69, 9.17) is 0 Å². The molecule has 2 rings (SSSR count). The molecule has 0 amide bonds. The smallest absolute Gasteiger partial charge is 0.0323 e. The Labute approximate surface area is 106 Å². The van der Waals surface area contributed by atoms with Crippen molar-refractivity contribution in [2.24, 2.45) is 0 Å². The van der Waals surface area contributed by atoms with E-state index in [0.717, 1.165) is 18.9 Å². The molecule has 94 valence electrons.